The molecule has 1 heterocycles. The van der Waals surface area contributed by atoms with Gasteiger partial charge in [0.15, 0.2) is 0 Å². The molecule has 1 aliphatic heterocycles. The number of carbonyl (C=O) groups is 2. The number of halogens is 2. The quantitative estimate of drug-likeness (QED) is 0.910. The molecule has 1 saturated heterocycles. The van der Waals surface area contributed by atoms with Gasteiger partial charge in [0.2, 0.25) is 11.8 Å². The van der Waals surface area contributed by atoms with Gasteiger partial charge >= 0.3 is 0 Å². The second-order valence-electron chi connectivity index (χ2n) is 5.07. The molecular formula is C13H14Cl2N2O2. The van der Waals surface area contributed by atoms with Gasteiger partial charge in [0.25, 0.3) is 0 Å². The molecule has 4 nitrogen and oxygen atoms in total. The first-order valence-electron chi connectivity index (χ1n) is 5.84. The minimum absolute atomic E-state index is 0.0429. The topological polar surface area (TPSA) is 49.4 Å². The van der Waals surface area contributed by atoms with Crippen LogP contribution in [0, 0.1) is 0 Å². The van der Waals surface area contributed by atoms with Crippen molar-refractivity contribution in [1.29, 1.82) is 0 Å². The smallest absolute Gasteiger partial charge is 0.248 e. The van der Waals surface area contributed by atoms with E-state index in [1.807, 2.05) is 0 Å². The molecule has 2 amide bonds. The summed E-state index contributed by atoms with van der Waals surface area (Å²) in [5.41, 5.74) is -0.112. The zero-order valence-corrected chi connectivity index (χ0v) is 12.2. The van der Waals surface area contributed by atoms with Crippen LogP contribution in [0.15, 0.2) is 18.2 Å². The molecule has 0 aliphatic carbocycles. The van der Waals surface area contributed by atoms with E-state index in [-0.39, 0.29) is 18.4 Å². The van der Waals surface area contributed by atoms with Gasteiger partial charge < -0.3 is 10.2 Å². The molecule has 0 aromatic heterocycles. The SMILES string of the molecule is CC1(C)NC(=O)CN(Cc2ccc(Cl)cc2Cl)C1=O. The lowest BCUT2D eigenvalue weighted by Crippen LogP contribution is -2.63. The minimum atomic E-state index is -0.881. The van der Waals surface area contributed by atoms with Crippen molar-refractivity contribution in [2.45, 2.75) is 25.9 Å². The number of hydrogen-bond donors (Lipinski definition) is 1. The van der Waals surface area contributed by atoms with Gasteiger partial charge in [0, 0.05) is 16.6 Å². The van der Waals surface area contributed by atoms with Crippen molar-refractivity contribution in [3.63, 3.8) is 0 Å². The Bertz CT molecular complexity index is 543. The lowest BCUT2D eigenvalue weighted by Gasteiger charge is -2.37. The Kier molecular flexibility index (Phi) is 3.74. The van der Waals surface area contributed by atoms with Crippen LogP contribution in [-0.4, -0.2) is 28.8 Å². The molecule has 1 N–H and O–H groups in total. The summed E-state index contributed by atoms with van der Waals surface area (Å²) in [6.07, 6.45) is 0. The van der Waals surface area contributed by atoms with E-state index in [2.05, 4.69) is 5.32 Å². The molecule has 19 heavy (non-hydrogen) atoms. The Morgan fingerprint density at radius 3 is 2.63 bits per heavy atom. The molecule has 1 aromatic carbocycles. The number of benzene rings is 1. The highest BCUT2D eigenvalue weighted by atomic mass is 35.5. The van der Waals surface area contributed by atoms with E-state index in [1.165, 1.54) is 4.90 Å². The fourth-order valence-corrected chi connectivity index (χ4v) is 2.53. The fourth-order valence-electron chi connectivity index (χ4n) is 2.07. The highest BCUT2D eigenvalue weighted by Crippen LogP contribution is 2.24. The summed E-state index contributed by atoms with van der Waals surface area (Å²) in [4.78, 5) is 25.3. The number of piperazine rings is 1. The second-order valence-corrected chi connectivity index (χ2v) is 5.91. The first-order valence-corrected chi connectivity index (χ1v) is 6.59. The Morgan fingerprint density at radius 1 is 1.32 bits per heavy atom. The lowest BCUT2D eigenvalue weighted by molar-refractivity contribution is -0.148. The summed E-state index contributed by atoms with van der Waals surface area (Å²) in [5.74, 6) is -0.298. The van der Waals surface area contributed by atoms with E-state index in [0.29, 0.717) is 16.6 Å². The van der Waals surface area contributed by atoms with Crippen molar-refractivity contribution in [3.05, 3.63) is 33.8 Å². The first kappa shape index (κ1) is 14.2. The lowest BCUT2D eigenvalue weighted by atomic mass is 10.00. The summed E-state index contributed by atoms with van der Waals surface area (Å²) in [6.45, 7) is 3.71. The Labute approximate surface area is 121 Å². The molecule has 1 aromatic rings. The van der Waals surface area contributed by atoms with Crippen LogP contribution in [0.25, 0.3) is 0 Å². The van der Waals surface area contributed by atoms with Crippen molar-refractivity contribution in [2.24, 2.45) is 0 Å². The van der Waals surface area contributed by atoms with E-state index in [1.54, 1.807) is 32.0 Å². The van der Waals surface area contributed by atoms with Gasteiger partial charge in [0.05, 0.1) is 6.54 Å². The monoisotopic (exact) mass is 300 g/mol. The summed E-state index contributed by atoms with van der Waals surface area (Å²) in [5, 5.41) is 3.69. The van der Waals surface area contributed by atoms with Crippen molar-refractivity contribution in [2.75, 3.05) is 6.54 Å². The number of nitrogens with zero attached hydrogens (tertiary/aromatic N) is 1. The Hall–Kier alpha value is -1.26. The molecule has 0 radical (unpaired) electrons. The number of rotatable bonds is 2. The molecule has 0 saturated carbocycles. The van der Waals surface area contributed by atoms with Crippen LogP contribution in [-0.2, 0) is 16.1 Å². The van der Waals surface area contributed by atoms with Crippen molar-refractivity contribution >= 4 is 35.0 Å². The molecule has 1 fully saturated rings. The zero-order valence-electron chi connectivity index (χ0n) is 10.7. The predicted octanol–water partition coefficient (Wildman–Crippen LogP) is 2.23. The molecule has 0 atom stereocenters. The molecule has 0 bridgehead atoms. The average molecular weight is 301 g/mol. The van der Waals surface area contributed by atoms with Gasteiger partial charge in [-0.05, 0) is 31.5 Å². The van der Waals surface area contributed by atoms with Crippen LogP contribution in [0.4, 0.5) is 0 Å². The van der Waals surface area contributed by atoms with Crippen LogP contribution in [0.5, 0.6) is 0 Å². The third-order valence-corrected chi connectivity index (χ3v) is 3.57. The molecular weight excluding hydrogens is 287 g/mol. The average Bonchev–Trinajstić information content (AvgIpc) is 2.28. The largest absolute Gasteiger partial charge is 0.341 e. The molecule has 6 heteroatoms. The van der Waals surface area contributed by atoms with Crippen molar-refractivity contribution < 1.29 is 9.59 Å². The van der Waals surface area contributed by atoms with Crippen molar-refractivity contribution in [3.8, 4) is 0 Å². The predicted molar refractivity (Wildman–Crippen MR) is 74.1 cm³/mol. The highest BCUT2D eigenvalue weighted by Gasteiger charge is 2.39. The third-order valence-electron chi connectivity index (χ3n) is 2.98. The Morgan fingerprint density at radius 2 is 2.00 bits per heavy atom. The summed E-state index contributed by atoms with van der Waals surface area (Å²) in [6, 6.07) is 5.10. The molecule has 0 spiro atoms. The van der Waals surface area contributed by atoms with E-state index in [0.717, 1.165) is 5.56 Å². The van der Waals surface area contributed by atoms with Gasteiger partial charge in [0.1, 0.15) is 5.54 Å². The maximum Gasteiger partial charge on any atom is 0.248 e. The van der Waals surface area contributed by atoms with Crippen LogP contribution >= 0.6 is 23.2 Å². The standard InChI is InChI=1S/C13H14Cl2N2O2/c1-13(2)12(19)17(7-11(18)16-13)6-8-3-4-9(14)5-10(8)15/h3-5H,6-7H2,1-2H3,(H,16,18). The number of carbonyl (C=O) groups excluding carboxylic acids is 2. The molecule has 2 rings (SSSR count). The summed E-state index contributed by atoms with van der Waals surface area (Å²) in [7, 11) is 0. The van der Waals surface area contributed by atoms with Crippen LogP contribution < -0.4 is 5.32 Å². The van der Waals surface area contributed by atoms with Gasteiger partial charge in [-0.25, -0.2) is 0 Å². The van der Waals surface area contributed by atoms with E-state index >= 15 is 0 Å². The van der Waals surface area contributed by atoms with Crippen LogP contribution in [0.1, 0.15) is 19.4 Å². The van der Waals surface area contributed by atoms with E-state index in [4.69, 9.17) is 23.2 Å². The highest BCUT2D eigenvalue weighted by molar-refractivity contribution is 6.35. The van der Waals surface area contributed by atoms with Gasteiger partial charge in [-0.15, -0.1) is 0 Å². The second kappa shape index (κ2) is 5.02. The van der Waals surface area contributed by atoms with Crippen molar-refractivity contribution in [1.82, 2.24) is 10.2 Å². The minimum Gasteiger partial charge on any atom is -0.341 e. The van der Waals surface area contributed by atoms with Crippen LogP contribution in [0.3, 0.4) is 0 Å². The van der Waals surface area contributed by atoms with E-state index < -0.39 is 5.54 Å². The third kappa shape index (κ3) is 3.01. The number of amides is 2. The molecule has 1 aliphatic rings. The first-order chi connectivity index (χ1) is 8.79. The normalized spacial score (nSPS) is 18.4. The maximum absolute atomic E-state index is 12.2. The molecule has 0 unspecified atom stereocenters. The summed E-state index contributed by atoms with van der Waals surface area (Å²) >= 11 is 11.9. The van der Waals surface area contributed by atoms with Gasteiger partial charge in [-0.1, -0.05) is 29.3 Å². The van der Waals surface area contributed by atoms with E-state index in [9.17, 15) is 9.59 Å². The maximum atomic E-state index is 12.2. The van der Waals surface area contributed by atoms with Gasteiger partial charge in [-0.2, -0.15) is 0 Å². The van der Waals surface area contributed by atoms with Gasteiger partial charge in [-0.3, -0.25) is 9.59 Å². The zero-order chi connectivity index (χ0) is 14.2. The number of nitrogens with one attached hydrogen (secondary N) is 1. The summed E-state index contributed by atoms with van der Waals surface area (Å²) < 4.78 is 0. The molecule has 102 valence electrons. The number of hydrogen-bond acceptors (Lipinski definition) is 2. The Balaban J connectivity index is 2.22. The fraction of sp³-hybridized carbons (Fsp3) is 0.385. The van der Waals surface area contributed by atoms with Crippen LogP contribution in [0.2, 0.25) is 10.0 Å².